The van der Waals surface area contributed by atoms with Crippen LogP contribution in [0.2, 0.25) is 0 Å². The van der Waals surface area contributed by atoms with E-state index in [4.69, 9.17) is 4.74 Å². The largest absolute Gasteiger partial charge is 0.496 e. The van der Waals surface area contributed by atoms with Crippen molar-refractivity contribution in [3.8, 4) is 5.75 Å². The number of rotatable bonds is 5. The molecule has 4 rings (SSSR count). The van der Waals surface area contributed by atoms with Gasteiger partial charge in [-0.2, -0.15) is 0 Å². The van der Waals surface area contributed by atoms with Gasteiger partial charge < -0.3 is 4.74 Å². The lowest BCUT2D eigenvalue weighted by atomic mass is 9.98. The van der Waals surface area contributed by atoms with E-state index >= 15 is 0 Å². The minimum atomic E-state index is -0.767. The fourth-order valence-electron chi connectivity index (χ4n) is 4.54. The average molecular weight is 547 g/mol. The number of urea groups is 1. The van der Waals surface area contributed by atoms with Crippen molar-refractivity contribution in [1.29, 1.82) is 0 Å². The molecule has 1 N–H and O–H groups in total. The van der Waals surface area contributed by atoms with Gasteiger partial charge in [-0.15, -0.1) is 0 Å². The molecule has 6 nitrogen and oxygen atoms in total. The van der Waals surface area contributed by atoms with Gasteiger partial charge in [0.25, 0.3) is 11.8 Å². The summed E-state index contributed by atoms with van der Waals surface area (Å²) in [6.45, 7) is 7.88. The van der Waals surface area contributed by atoms with Crippen molar-refractivity contribution < 1.29 is 19.1 Å². The SMILES string of the molecule is COc1cc(/C=C2\C(=O)NC(=O)N(c3ccc(C)cc3C)C2=O)cc(Br)c1Cc1cc(C)cc(C)c1. The van der Waals surface area contributed by atoms with Gasteiger partial charge in [0.2, 0.25) is 0 Å². The number of carbonyl (C=O) groups is 3. The van der Waals surface area contributed by atoms with Crippen LogP contribution in [0.15, 0.2) is 58.6 Å². The summed E-state index contributed by atoms with van der Waals surface area (Å²) in [5.74, 6) is -0.785. The van der Waals surface area contributed by atoms with Gasteiger partial charge in [0, 0.05) is 16.5 Å². The van der Waals surface area contributed by atoms with E-state index in [-0.39, 0.29) is 5.57 Å². The summed E-state index contributed by atoms with van der Waals surface area (Å²) in [5, 5.41) is 2.28. The number of nitrogens with zero attached hydrogens (tertiary/aromatic N) is 1. The summed E-state index contributed by atoms with van der Waals surface area (Å²) in [5.41, 5.74) is 7.14. The Hall–Kier alpha value is -3.71. The van der Waals surface area contributed by atoms with Crippen molar-refractivity contribution in [1.82, 2.24) is 5.32 Å². The Bertz CT molecular complexity index is 1420. The molecular weight excluding hydrogens is 520 g/mol. The third-order valence-corrected chi connectivity index (χ3v) is 6.77. The molecule has 1 heterocycles. The maximum absolute atomic E-state index is 13.3. The summed E-state index contributed by atoms with van der Waals surface area (Å²) in [7, 11) is 1.59. The molecule has 1 saturated heterocycles. The van der Waals surface area contributed by atoms with Crippen LogP contribution in [0.4, 0.5) is 10.5 Å². The number of amides is 4. The standard InChI is InChI=1S/C29H27BrN2O4/c1-16-6-7-25(19(4)9-16)32-28(34)23(27(33)31-29(32)35)13-21-14-24(30)22(26(15-21)36-5)12-20-10-17(2)8-18(3)11-20/h6-11,13-15H,12H2,1-5H3,(H,31,33,35)/b23-13+. The molecule has 0 atom stereocenters. The van der Waals surface area contributed by atoms with E-state index < -0.39 is 17.8 Å². The van der Waals surface area contributed by atoms with Gasteiger partial charge in [-0.05, 0) is 68.7 Å². The quantitative estimate of drug-likeness (QED) is 0.317. The molecule has 1 fully saturated rings. The van der Waals surface area contributed by atoms with Crippen LogP contribution in [-0.4, -0.2) is 25.0 Å². The molecule has 0 spiro atoms. The van der Waals surface area contributed by atoms with Crippen LogP contribution in [0, 0.1) is 27.7 Å². The van der Waals surface area contributed by atoms with E-state index in [1.54, 1.807) is 19.2 Å². The van der Waals surface area contributed by atoms with Crippen LogP contribution >= 0.6 is 15.9 Å². The first-order valence-electron chi connectivity index (χ1n) is 11.5. The van der Waals surface area contributed by atoms with Crippen molar-refractivity contribution in [3.63, 3.8) is 0 Å². The maximum atomic E-state index is 13.3. The van der Waals surface area contributed by atoms with E-state index in [0.29, 0.717) is 23.4 Å². The van der Waals surface area contributed by atoms with Gasteiger partial charge in [0.15, 0.2) is 0 Å². The highest BCUT2D eigenvalue weighted by Gasteiger charge is 2.37. The van der Waals surface area contributed by atoms with Crippen molar-refractivity contribution in [2.45, 2.75) is 34.1 Å². The number of aryl methyl sites for hydroxylation is 4. The number of benzene rings is 3. The summed E-state index contributed by atoms with van der Waals surface area (Å²) in [4.78, 5) is 39.6. The Morgan fingerprint density at radius 3 is 2.25 bits per heavy atom. The summed E-state index contributed by atoms with van der Waals surface area (Å²) in [6, 6.07) is 14.7. The van der Waals surface area contributed by atoms with Crippen LogP contribution in [0.5, 0.6) is 5.75 Å². The maximum Gasteiger partial charge on any atom is 0.335 e. The predicted octanol–water partition coefficient (Wildman–Crippen LogP) is 5.95. The van der Waals surface area contributed by atoms with Crippen molar-refractivity contribution in [2.75, 3.05) is 12.0 Å². The first-order valence-corrected chi connectivity index (χ1v) is 12.3. The Kier molecular flexibility index (Phi) is 7.13. The highest BCUT2D eigenvalue weighted by atomic mass is 79.9. The predicted molar refractivity (Wildman–Crippen MR) is 144 cm³/mol. The van der Waals surface area contributed by atoms with Gasteiger partial charge in [-0.1, -0.05) is 63.0 Å². The van der Waals surface area contributed by atoms with Crippen LogP contribution in [0.3, 0.4) is 0 Å². The van der Waals surface area contributed by atoms with E-state index in [2.05, 4.69) is 53.3 Å². The van der Waals surface area contributed by atoms with E-state index in [1.807, 2.05) is 32.0 Å². The molecule has 0 saturated carbocycles. The third-order valence-electron chi connectivity index (χ3n) is 6.07. The average Bonchev–Trinajstić information content (AvgIpc) is 2.78. The lowest BCUT2D eigenvalue weighted by molar-refractivity contribution is -0.122. The molecule has 4 amide bonds. The second-order valence-corrected chi connectivity index (χ2v) is 9.96. The van der Waals surface area contributed by atoms with E-state index in [9.17, 15) is 14.4 Å². The molecule has 184 valence electrons. The summed E-state index contributed by atoms with van der Waals surface area (Å²) in [6.07, 6.45) is 2.13. The zero-order chi connectivity index (χ0) is 26.1. The molecule has 3 aromatic rings. The number of hydrogen-bond donors (Lipinski definition) is 1. The molecular formula is C29H27BrN2O4. The normalized spacial score (nSPS) is 14.9. The summed E-state index contributed by atoms with van der Waals surface area (Å²) < 4.78 is 6.46. The molecule has 0 aromatic heterocycles. The van der Waals surface area contributed by atoms with Gasteiger partial charge in [-0.25, -0.2) is 9.69 Å². The number of carbonyl (C=O) groups excluding carboxylic acids is 3. The highest BCUT2D eigenvalue weighted by Crippen LogP contribution is 2.33. The van der Waals surface area contributed by atoms with Gasteiger partial charge >= 0.3 is 6.03 Å². The number of imide groups is 2. The molecule has 1 aliphatic rings. The zero-order valence-electron chi connectivity index (χ0n) is 20.9. The monoisotopic (exact) mass is 546 g/mol. The Morgan fingerprint density at radius 2 is 1.61 bits per heavy atom. The molecule has 7 heteroatoms. The molecule has 36 heavy (non-hydrogen) atoms. The van der Waals surface area contributed by atoms with E-state index in [0.717, 1.165) is 31.6 Å². The molecule has 0 bridgehead atoms. The van der Waals surface area contributed by atoms with Gasteiger partial charge in [0.1, 0.15) is 11.3 Å². The fraction of sp³-hybridized carbons (Fsp3) is 0.207. The number of anilines is 1. The number of halogens is 1. The highest BCUT2D eigenvalue weighted by molar-refractivity contribution is 9.10. The molecule has 3 aromatic carbocycles. The molecule has 1 aliphatic heterocycles. The lowest BCUT2D eigenvalue weighted by Crippen LogP contribution is -2.54. The van der Waals surface area contributed by atoms with Gasteiger partial charge in [0.05, 0.1) is 12.8 Å². The van der Waals surface area contributed by atoms with E-state index in [1.165, 1.54) is 17.2 Å². The number of ether oxygens (including phenoxy) is 1. The Balaban J connectivity index is 1.72. The number of methoxy groups -OCH3 is 1. The van der Waals surface area contributed by atoms with Crippen LogP contribution in [-0.2, 0) is 16.0 Å². The minimum Gasteiger partial charge on any atom is -0.496 e. The molecule has 0 radical (unpaired) electrons. The Morgan fingerprint density at radius 1 is 0.917 bits per heavy atom. The zero-order valence-corrected chi connectivity index (χ0v) is 22.4. The van der Waals surface area contributed by atoms with Crippen molar-refractivity contribution in [2.24, 2.45) is 0 Å². The van der Waals surface area contributed by atoms with Crippen LogP contribution in [0.25, 0.3) is 6.08 Å². The number of barbiturate groups is 1. The minimum absolute atomic E-state index is 0.134. The third kappa shape index (κ3) is 5.11. The fourth-order valence-corrected chi connectivity index (χ4v) is 5.14. The first-order chi connectivity index (χ1) is 17.1. The first kappa shape index (κ1) is 25.4. The second-order valence-electron chi connectivity index (χ2n) is 9.10. The Labute approximate surface area is 219 Å². The number of nitrogens with one attached hydrogen (secondary N) is 1. The number of hydrogen-bond acceptors (Lipinski definition) is 4. The van der Waals surface area contributed by atoms with Crippen LogP contribution < -0.4 is 15.0 Å². The molecule has 0 unspecified atom stereocenters. The van der Waals surface area contributed by atoms with Crippen LogP contribution in [0.1, 0.15) is 38.9 Å². The second kappa shape index (κ2) is 10.1. The molecule has 0 aliphatic carbocycles. The smallest absolute Gasteiger partial charge is 0.335 e. The van der Waals surface area contributed by atoms with Crippen molar-refractivity contribution in [3.05, 3.63) is 97.5 Å². The lowest BCUT2D eigenvalue weighted by Gasteiger charge is -2.27. The van der Waals surface area contributed by atoms with Crippen molar-refractivity contribution >= 4 is 45.5 Å². The van der Waals surface area contributed by atoms with Gasteiger partial charge in [-0.3, -0.25) is 14.9 Å². The topological polar surface area (TPSA) is 75.7 Å². The summed E-state index contributed by atoms with van der Waals surface area (Å²) >= 11 is 3.64.